The maximum Gasteiger partial charge on any atom is 0.270 e. The van der Waals surface area contributed by atoms with E-state index in [4.69, 9.17) is 0 Å². The van der Waals surface area contributed by atoms with Crippen LogP contribution in [0.15, 0.2) is 11.7 Å². The average Bonchev–Trinajstić information content (AvgIpc) is 2.67. The molecule has 3 atom stereocenters. The maximum atomic E-state index is 12.8. The van der Waals surface area contributed by atoms with Crippen LogP contribution >= 0.6 is 0 Å². The number of rotatable bonds is 1. The number of hydrogen-bond acceptors (Lipinski definition) is 1. The Morgan fingerprint density at radius 2 is 2.12 bits per heavy atom. The van der Waals surface area contributed by atoms with E-state index in [-0.39, 0.29) is 11.0 Å². The minimum Gasteiger partial charge on any atom is -0.290 e. The third kappa shape index (κ3) is 1.83. The number of hydrogen-bond donors (Lipinski definition) is 0. The van der Waals surface area contributed by atoms with E-state index in [0.29, 0.717) is 24.6 Å². The Labute approximate surface area is 102 Å². The second-order valence-corrected chi connectivity index (χ2v) is 7.40. The largest absolute Gasteiger partial charge is 0.290 e. The zero-order chi connectivity index (χ0) is 12.4. The summed E-state index contributed by atoms with van der Waals surface area (Å²) < 4.78 is 25.7. The van der Waals surface area contributed by atoms with Gasteiger partial charge in [-0.3, -0.25) is 4.90 Å². The molecule has 3 rings (SSSR count). The van der Waals surface area contributed by atoms with Crippen LogP contribution in [-0.2, 0) is 0 Å². The number of halogens is 2. The molecular formula is C14H21F2N. The van der Waals surface area contributed by atoms with Gasteiger partial charge in [0.25, 0.3) is 6.08 Å². The lowest BCUT2D eigenvalue weighted by Gasteiger charge is -2.39. The number of fused-ring (bicyclic) bond motifs is 3. The molecule has 2 aliphatic heterocycles. The zero-order valence-electron chi connectivity index (χ0n) is 10.9. The van der Waals surface area contributed by atoms with Crippen molar-refractivity contribution in [2.45, 2.75) is 58.0 Å². The topological polar surface area (TPSA) is 3.24 Å². The lowest BCUT2D eigenvalue weighted by molar-refractivity contribution is 0.105. The van der Waals surface area contributed by atoms with Gasteiger partial charge in [-0.25, -0.2) is 0 Å². The highest BCUT2D eigenvalue weighted by Crippen LogP contribution is 2.60. The molecule has 3 unspecified atom stereocenters. The molecule has 3 aliphatic rings. The van der Waals surface area contributed by atoms with Gasteiger partial charge in [0.2, 0.25) is 0 Å². The lowest BCUT2D eigenvalue weighted by atomic mass is 9.76. The molecule has 1 aliphatic carbocycles. The van der Waals surface area contributed by atoms with E-state index in [1.807, 2.05) is 0 Å². The Kier molecular flexibility index (Phi) is 2.27. The minimum atomic E-state index is -1.43. The molecule has 96 valence electrons. The first kappa shape index (κ1) is 11.6. The molecule has 0 aromatic rings. The van der Waals surface area contributed by atoms with Crippen molar-refractivity contribution in [1.29, 1.82) is 0 Å². The molecule has 2 heterocycles. The first-order valence-electron chi connectivity index (χ1n) is 6.61. The van der Waals surface area contributed by atoms with Crippen LogP contribution in [-0.4, -0.2) is 23.0 Å². The monoisotopic (exact) mass is 241 g/mol. The standard InChI is InChI=1S/C14H21F2N/c1-13(2,3)8-14-5-9-4-11(9)17(14)7-10(6-14)12(15)16/h9,11H,4-8H2,1-3H3. The summed E-state index contributed by atoms with van der Waals surface area (Å²) in [7, 11) is 0. The fourth-order valence-corrected chi connectivity index (χ4v) is 4.26. The molecule has 0 N–H and O–H groups in total. The molecule has 0 spiro atoms. The van der Waals surface area contributed by atoms with Gasteiger partial charge in [-0.2, -0.15) is 8.78 Å². The van der Waals surface area contributed by atoms with Crippen LogP contribution in [0.4, 0.5) is 8.78 Å². The average molecular weight is 241 g/mol. The summed E-state index contributed by atoms with van der Waals surface area (Å²) in [5.41, 5.74) is 0.682. The minimum absolute atomic E-state index is 0.0601. The van der Waals surface area contributed by atoms with Crippen LogP contribution in [0.5, 0.6) is 0 Å². The smallest absolute Gasteiger partial charge is 0.270 e. The first-order valence-corrected chi connectivity index (χ1v) is 6.61. The van der Waals surface area contributed by atoms with E-state index >= 15 is 0 Å². The van der Waals surface area contributed by atoms with E-state index in [1.165, 1.54) is 6.42 Å². The van der Waals surface area contributed by atoms with Crippen molar-refractivity contribution in [3.63, 3.8) is 0 Å². The molecule has 2 saturated heterocycles. The van der Waals surface area contributed by atoms with Gasteiger partial charge < -0.3 is 0 Å². The highest BCUT2D eigenvalue weighted by Gasteiger charge is 2.62. The summed E-state index contributed by atoms with van der Waals surface area (Å²) >= 11 is 0. The van der Waals surface area contributed by atoms with E-state index < -0.39 is 6.08 Å². The molecule has 17 heavy (non-hydrogen) atoms. The van der Waals surface area contributed by atoms with Crippen molar-refractivity contribution in [3.8, 4) is 0 Å². The molecule has 3 heteroatoms. The third-order valence-electron chi connectivity index (χ3n) is 4.57. The lowest BCUT2D eigenvalue weighted by Crippen LogP contribution is -2.43. The molecular weight excluding hydrogens is 220 g/mol. The SMILES string of the molecule is CC(C)(C)CC12CC(=C(F)F)CN1C1CC1C2. The van der Waals surface area contributed by atoms with E-state index in [9.17, 15) is 8.78 Å². The van der Waals surface area contributed by atoms with Crippen molar-refractivity contribution in [3.05, 3.63) is 11.7 Å². The zero-order valence-corrected chi connectivity index (χ0v) is 10.9. The van der Waals surface area contributed by atoms with Gasteiger partial charge >= 0.3 is 0 Å². The summed E-state index contributed by atoms with van der Waals surface area (Å²) in [5.74, 6) is 0.807. The highest BCUT2D eigenvalue weighted by molar-refractivity contribution is 5.27. The molecule has 0 bridgehead atoms. The Balaban J connectivity index is 1.89. The molecule has 1 nitrogen and oxygen atoms in total. The second kappa shape index (κ2) is 3.31. The number of nitrogens with zero attached hydrogens (tertiary/aromatic N) is 1. The van der Waals surface area contributed by atoms with Crippen LogP contribution in [0.3, 0.4) is 0 Å². The predicted molar refractivity (Wildman–Crippen MR) is 63.9 cm³/mol. The van der Waals surface area contributed by atoms with Crippen molar-refractivity contribution < 1.29 is 8.78 Å². The summed E-state index contributed by atoms with van der Waals surface area (Å²) in [6.07, 6.45) is 2.62. The van der Waals surface area contributed by atoms with Gasteiger partial charge in [-0.05, 0) is 37.0 Å². The Bertz CT molecular complexity index is 378. The van der Waals surface area contributed by atoms with Crippen molar-refractivity contribution in [2.24, 2.45) is 11.3 Å². The Morgan fingerprint density at radius 3 is 2.71 bits per heavy atom. The third-order valence-corrected chi connectivity index (χ3v) is 4.57. The Hall–Kier alpha value is -0.440. The maximum absolute atomic E-state index is 12.8. The van der Waals surface area contributed by atoms with Gasteiger partial charge in [0, 0.05) is 23.7 Å². The normalized spacial score (nSPS) is 40.4. The van der Waals surface area contributed by atoms with Gasteiger partial charge in [0.1, 0.15) is 0 Å². The summed E-state index contributed by atoms with van der Waals surface area (Å²) in [6.45, 7) is 7.19. The van der Waals surface area contributed by atoms with E-state index in [2.05, 4.69) is 25.7 Å². The van der Waals surface area contributed by atoms with Crippen LogP contribution < -0.4 is 0 Å². The van der Waals surface area contributed by atoms with Gasteiger partial charge in [0.05, 0.1) is 0 Å². The van der Waals surface area contributed by atoms with E-state index in [1.54, 1.807) is 0 Å². The van der Waals surface area contributed by atoms with Crippen molar-refractivity contribution in [2.75, 3.05) is 6.54 Å². The Morgan fingerprint density at radius 1 is 1.41 bits per heavy atom. The van der Waals surface area contributed by atoms with Crippen LogP contribution in [0.1, 0.15) is 46.5 Å². The summed E-state index contributed by atoms with van der Waals surface area (Å²) in [6, 6.07) is 0.620. The molecule has 3 fully saturated rings. The predicted octanol–water partition coefficient (Wildman–Crippen LogP) is 3.81. The first-order chi connectivity index (χ1) is 7.81. The van der Waals surface area contributed by atoms with E-state index in [0.717, 1.165) is 18.8 Å². The molecule has 0 aromatic carbocycles. The highest BCUT2D eigenvalue weighted by atomic mass is 19.3. The molecule has 0 radical (unpaired) electrons. The van der Waals surface area contributed by atoms with Gasteiger partial charge in [-0.15, -0.1) is 0 Å². The summed E-state index contributed by atoms with van der Waals surface area (Å²) in [4.78, 5) is 2.40. The fraction of sp³-hybridized carbons (Fsp3) is 0.857. The van der Waals surface area contributed by atoms with Crippen LogP contribution in [0.2, 0.25) is 0 Å². The van der Waals surface area contributed by atoms with Crippen molar-refractivity contribution >= 4 is 0 Å². The van der Waals surface area contributed by atoms with Gasteiger partial charge in [-0.1, -0.05) is 20.8 Å². The number of piperidine rings is 1. The quantitative estimate of drug-likeness (QED) is 0.674. The van der Waals surface area contributed by atoms with Crippen LogP contribution in [0, 0.1) is 11.3 Å². The van der Waals surface area contributed by atoms with Crippen molar-refractivity contribution in [1.82, 2.24) is 4.90 Å². The van der Waals surface area contributed by atoms with Crippen LogP contribution in [0.25, 0.3) is 0 Å². The molecule has 0 aromatic heterocycles. The molecule has 0 amide bonds. The molecule has 1 saturated carbocycles. The summed E-state index contributed by atoms with van der Waals surface area (Å²) in [5, 5.41) is 0. The van der Waals surface area contributed by atoms with Gasteiger partial charge in [0.15, 0.2) is 0 Å². The fourth-order valence-electron chi connectivity index (χ4n) is 4.26. The second-order valence-electron chi connectivity index (χ2n) is 7.40.